The zero-order valence-corrected chi connectivity index (χ0v) is 14.8. The molecule has 1 atom stereocenters. The van der Waals surface area contributed by atoms with Gasteiger partial charge in [0.2, 0.25) is 0 Å². The summed E-state index contributed by atoms with van der Waals surface area (Å²) >= 11 is 0. The van der Waals surface area contributed by atoms with E-state index in [1.165, 1.54) is 16.7 Å². The molecule has 2 N–H and O–H groups in total. The normalized spacial score (nSPS) is 15.9. The van der Waals surface area contributed by atoms with Crippen LogP contribution in [0.25, 0.3) is 22.2 Å². The summed E-state index contributed by atoms with van der Waals surface area (Å²) in [5.74, 6) is 1.70. The highest BCUT2D eigenvalue weighted by Crippen LogP contribution is 2.40. The molecule has 4 heteroatoms. The summed E-state index contributed by atoms with van der Waals surface area (Å²) in [6.07, 6.45) is 0.905. The number of pyridine rings is 1. The van der Waals surface area contributed by atoms with Crippen molar-refractivity contribution in [1.29, 1.82) is 0 Å². The van der Waals surface area contributed by atoms with E-state index in [2.05, 4.69) is 38.1 Å². The zero-order chi connectivity index (χ0) is 17.6. The van der Waals surface area contributed by atoms with Gasteiger partial charge < -0.3 is 15.2 Å². The number of hydrogen-bond donors (Lipinski definition) is 1. The third-order valence-corrected chi connectivity index (χ3v) is 4.81. The third kappa shape index (κ3) is 2.63. The molecule has 0 aliphatic carbocycles. The van der Waals surface area contributed by atoms with E-state index in [-0.39, 0.29) is 6.10 Å². The molecule has 1 aliphatic rings. The van der Waals surface area contributed by atoms with Crippen molar-refractivity contribution >= 4 is 10.9 Å². The molecule has 0 spiro atoms. The maximum atomic E-state index is 6.11. The first-order valence-electron chi connectivity index (χ1n) is 8.55. The van der Waals surface area contributed by atoms with Crippen LogP contribution in [-0.2, 0) is 6.42 Å². The molecule has 0 bridgehead atoms. The van der Waals surface area contributed by atoms with Crippen LogP contribution in [0, 0.1) is 13.8 Å². The second kappa shape index (κ2) is 6.05. The standard InChI is InChI=1S/C21H22N2O2/c1-12-7-14-10-15(11-22)25-21(14)17(8-12)18-9-13(2)16-5-4-6-19(24-3)20(16)23-18/h4-9,15H,10-11,22H2,1-3H3. The van der Waals surface area contributed by atoms with Crippen molar-refractivity contribution < 1.29 is 9.47 Å². The smallest absolute Gasteiger partial charge is 0.145 e. The molecule has 0 saturated heterocycles. The topological polar surface area (TPSA) is 57.4 Å². The number of nitrogens with zero attached hydrogens (tertiary/aromatic N) is 1. The Morgan fingerprint density at radius 3 is 2.84 bits per heavy atom. The SMILES string of the molecule is COc1cccc2c(C)cc(-c3cc(C)cc4c3OC(CN)C4)nc12. The summed E-state index contributed by atoms with van der Waals surface area (Å²) in [7, 11) is 1.68. The summed E-state index contributed by atoms with van der Waals surface area (Å²) in [4.78, 5) is 4.91. The Bertz CT molecular complexity index is 966. The Hall–Kier alpha value is -2.59. The van der Waals surface area contributed by atoms with Crippen LogP contribution in [0.4, 0.5) is 0 Å². The van der Waals surface area contributed by atoms with Gasteiger partial charge in [0.15, 0.2) is 0 Å². The van der Waals surface area contributed by atoms with Crippen LogP contribution in [0.2, 0.25) is 0 Å². The summed E-state index contributed by atoms with van der Waals surface area (Å²) in [6.45, 7) is 4.73. The predicted molar refractivity (Wildman–Crippen MR) is 100 cm³/mol. The Kier molecular flexibility index (Phi) is 3.85. The second-order valence-electron chi connectivity index (χ2n) is 6.66. The maximum Gasteiger partial charge on any atom is 0.145 e. The van der Waals surface area contributed by atoms with Crippen molar-refractivity contribution in [2.75, 3.05) is 13.7 Å². The minimum absolute atomic E-state index is 0.0478. The van der Waals surface area contributed by atoms with Crippen LogP contribution in [0.3, 0.4) is 0 Å². The number of para-hydroxylation sites is 1. The fourth-order valence-electron chi connectivity index (χ4n) is 3.61. The summed E-state index contributed by atoms with van der Waals surface area (Å²) in [6, 6.07) is 12.5. The van der Waals surface area contributed by atoms with Gasteiger partial charge in [0.25, 0.3) is 0 Å². The van der Waals surface area contributed by atoms with Crippen molar-refractivity contribution in [2.45, 2.75) is 26.4 Å². The molecule has 128 valence electrons. The second-order valence-corrected chi connectivity index (χ2v) is 6.66. The number of aryl methyl sites for hydroxylation is 2. The summed E-state index contributed by atoms with van der Waals surface area (Å²) in [5.41, 5.74) is 12.2. The van der Waals surface area contributed by atoms with E-state index in [0.717, 1.165) is 40.1 Å². The van der Waals surface area contributed by atoms with Gasteiger partial charge in [-0.15, -0.1) is 0 Å². The third-order valence-electron chi connectivity index (χ3n) is 4.81. The van der Waals surface area contributed by atoms with Crippen LogP contribution in [0.5, 0.6) is 11.5 Å². The molecular formula is C21H22N2O2. The minimum Gasteiger partial charge on any atom is -0.494 e. The van der Waals surface area contributed by atoms with Gasteiger partial charge in [-0.25, -0.2) is 4.98 Å². The van der Waals surface area contributed by atoms with E-state index in [4.69, 9.17) is 20.2 Å². The molecule has 4 rings (SSSR count). The highest BCUT2D eigenvalue weighted by atomic mass is 16.5. The number of fused-ring (bicyclic) bond motifs is 2. The lowest BCUT2D eigenvalue weighted by Crippen LogP contribution is -2.24. The number of rotatable bonds is 3. The summed E-state index contributed by atoms with van der Waals surface area (Å²) in [5, 5.41) is 1.10. The van der Waals surface area contributed by atoms with E-state index in [9.17, 15) is 0 Å². The molecule has 0 amide bonds. The highest BCUT2D eigenvalue weighted by molar-refractivity contribution is 5.90. The molecule has 1 unspecified atom stereocenters. The van der Waals surface area contributed by atoms with Crippen molar-refractivity contribution in [3.05, 3.63) is 53.1 Å². The van der Waals surface area contributed by atoms with Gasteiger partial charge in [0.05, 0.1) is 12.8 Å². The quantitative estimate of drug-likeness (QED) is 0.792. The van der Waals surface area contributed by atoms with Crippen LogP contribution < -0.4 is 15.2 Å². The predicted octanol–water partition coefficient (Wildman–Crippen LogP) is 3.79. The average Bonchev–Trinajstić information content (AvgIpc) is 3.03. The van der Waals surface area contributed by atoms with E-state index >= 15 is 0 Å². The monoisotopic (exact) mass is 334 g/mol. The zero-order valence-electron chi connectivity index (χ0n) is 14.8. The van der Waals surface area contributed by atoms with Gasteiger partial charge in [0.1, 0.15) is 23.1 Å². The number of hydrogen-bond acceptors (Lipinski definition) is 4. The molecule has 0 radical (unpaired) electrons. The number of ether oxygens (including phenoxy) is 2. The van der Waals surface area contributed by atoms with Gasteiger partial charge in [-0.2, -0.15) is 0 Å². The van der Waals surface area contributed by atoms with Gasteiger partial charge in [0, 0.05) is 23.9 Å². The fraction of sp³-hybridized carbons (Fsp3) is 0.286. The Balaban J connectivity index is 1.95. The van der Waals surface area contributed by atoms with Crippen molar-refractivity contribution in [2.24, 2.45) is 5.73 Å². The summed E-state index contributed by atoms with van der Waals surface area (Å²) < 4.78 is 11.6. The Morgan fingerprint density at radius 2 is 2.08 bits per heavy atom. The van der Waals surface area contributed by atoms with Gasteiger partial charge in [-0.05, 0) is 48.7 Å². The first-order chi connectivity index (χ1) is 12.1. The number of methoxy groups -OCH3 is 1. The first kappa shape index (κ1) is 15.9. The van der Waals surface area contributed by atoms with Crippen LogP contribution in [0.1, 0.15) is 16.7 Å². The molecule has 2 heterocycles. The molecule has 1 aromatic heterocycles. The van der Waals surface area contributed by atoms with Crippen LogP contribution >= 0.6 is 0 Å². The molecule has 25 heavy (non-hydrogen) atoms. The number of aromatic nitrogens is 1. The van der Waals surface area contributed by atoms with Gasteiger partial charge >= 0.3 is 0 Å². The van der Waals surface area contributed by atoms with Crippen LogP contribution in [-0.4, -0.2) is 24.7 Å². The molecule has 2 aromatic carbocycles. The first-order valence-corrected chi connectivity index (χ1v) is 8.55. The molecular weight excluding hydrogens is 312 g/mol. The van der Waals surface area contributed by atoms with Crippen molar-refractivity contribution in [3.8, 4) is 22.8 Å². The van der Waals surface area contributed by atoms with Gasteiger partial charge in [-0.3, -0.25) is 0 Å². The van der Waals surface area contributed by atoms with E-state index < -0.39 is 0 Å². The largest absolute Gasteiger partial charge is 0.494 e. The lowest BCUT2D eigenvalue weighted by molar-refractivity contribution is 0.242. The number of nitrogens with two attached hydrogens (primary N) is 1. The minimum atomic E-state index is 0.0478. The van der Waals surface area contributed by atoms with E-state index in [1.807, 2.05) is 12.1 Å². The van der Waals surface area contributed by atoms with E-state index in [1.54, 1.807) is 7.11 Å². The maximum absolute atomic E-state index is 6.11. The lowest BCUT2D eigenvalue weighted by Gasteiger charge is -2.14. The molecule has 1 aliphatic heterocycles. The van der Waals surface area contributed by atoms with Crippen molar-refractivity contribution in [1.82, 2.24) is 4.98 Å². The van der Waals surface area contributed by atoms with Gasteiger partial charge in [-0.1, -0.05) is 18.2 Å². The molecule has 0 saturated carbocycles. The fourth-order valence-corrected chi connectivity index (χ4v) is 3.61. The lowest BCUT2D eigenvalue weighted by atomic mass is 9.99. The molecule has 3 aromatic rings. The molecule has 0 fully saturated rings. The van der Waals surface area contributed by atoms with E-state index in [0.29, 0.717) is 6.54 Å². The Morgan fingerprint density at radius 1 is 1.24 bits per heavy atom. The number of benzene rings is 2. The average molecular weight is 334 g/mol. The van der Waals surface area contributed by atoms with Crippen molar-refractivity contribution in [3.63, 3.8) is 0 Å². The van der Waals surface area contributed by atoms with Crippen LogP contribution in [0.15, 0.2) is 36.4 Å². The molecule has 4 nitrogen and oxygen atoms in total. The Labute approximate surface area is 147 Å². The highest BCUT2D eigenvalue weighted by Gasteiger charge is 2.26.